The van der Waals surface area contributed by atoms with E-state index in [1.807, 2.05) is 0 Å². The standard InChI is InChI=1S/C25H16ClN5O9/c1-37-25(34)20-9-5-15(40-20)11-38-24(33)16-10-13(2-6-17(16)26)19-8-4-14(39-19)3-7-18-21(31(35)36)22(32)23-28-27-12-30(23)29-18/h2-10,12,29H,11H2,1H3/b7-3+. The average Bonchev–Trinajstić information content (AvgIpc) is 3.71. The molecule has 14 nitrogen and oxygen atoms in total. The Balaban J connectivity index is 1.34. The SMILES string of the molecule is COC(=O)c1ccc(COC(=O)c2cc(-c3ccc(/C=C/c4[nH]n5cnnc5c(=O)c4[N+](=O)[O-])o3)ccc2Cl)o1. The van der Waals surface area contributed by atoms with Gasteiger partial charge < -0.3 is 18.3 Å². The molecule has 0 spiro atoms. The number of esters is 2. The highest BCUT2D eigenvalue weighted by Crippen LogP contribution is 2.28. The summed E-state index contributed by atoms with van der Waals surface area (Å²) in [5.74, 6) is -0.548. The van der Waals surface area contributed by atoms with E-state index < -0.39 is 28.0 Å². The molecule has 0 amide bonds. The molecule has 4 heterocycles. The molecule has 15 heteroatoms. The third-order valence-electron chi connectivity index (χ3n) is 5.55. The van der Waals surface area contributed by atoms with Crippen LogP contribution in [0.15, 0.2) is 62.4 Å². The summed E-state index contributed by atoms with van der Waals surface area (Å²) in [6.45, 7) is -0.249. The fourth-order valence-corrected chi connectivity index (χ4v) is 3.85. The van der Waals surface area contributed by atoms with E-state index in [1.165, 1.54) is 54.4 Å². The Bertz CT molecular complexity index is 1860. The number of nitrogens with zero attached hydrogens (tertiary/aromatic N) is 4. The van der Waals surface area contributed by atoms with Crippen LogP contribution < -0.4 is 5.43 Å². The van der Waals surface area contributed by atoms with E-state index in [9.17, 15) is 24.5 Å². The summed E-state index contributed by atoms with van der Waals surface area (Å²) >= 11 is 6.21. The first-order valence-electron chi connectivity index (χ1n) is 11.3. The smallest absolute Gasteiger partial charge is 0.373 e. The van der Waals surface area contributed by atoms with Gasteiger partial charge in [-0.2, -0.15) is 0 Å². The lowest BCUT2D eigenvalue weighted by atomic mass is 10.1. The number of H-pyrrole nitrogens is 1. The van der Waals surface area contributed by atoms with Gasteiger partial charge in [0, 0.05) is 5.56 Å². The molecule has 202 valence electrons. The second-order valence-corrected chi connectivity index (χ2v) is 8.46. The van der Waals surface area contributed by atoms with E-state index in [-0.39, 0.29) is 40.1 Å². The Morgan fingerprint density at radius 1 is 1.15 bits per heavy atom. The van der Waals surface area contributed by atoms with Crippen LogP contribution in [0, 0.1) is 10.1 Å². The van der Waals surface area contributed by atoms with Crippen LogP contribution in [0.25, 0.3) is 29.1 Å². The summed E-state index contributed by atoms with van der Waals surface area (Å²) < 4.78 is 22.1. The molecule has 0 saturated heterocycles. The first-order chi connectivity index (χ1) is 19.2. The normalized spacial score (nSPS) is 11.2. The van der Waals surface area contributed by atoms with Crippen molar-refractivity contribution in [1.82, 2.24) is 19.8 Å². The molecule has 0 unspecified atom stereocenters. The minimum absolute atomic E-state index is 0.0310. The molecule has 5 rings (SSSR count). The van der Waals surface area contributed by atoms with E-state index in [0.717, 1.165) is 0 Å². The summed E-state index contributed by atoms with van der Waals surface area (Å²) in [6.07, 6.45) is 3.95. The second kappa shape index (κ2) is 10.7. The number of ether oxygens (including phenoxy) is 2. The molecule has 0 bridgehead atoms. The summed E-state index contributed by atoms with van der Waals surface area (Å²) in [6, 6.07) is 10.7. The third-order valence-corrected chi connectivity index (χ3v) is 5.88. The topological polar surface area (TPSA) is 185 Å². The maximum absolute atomic E-state index is 12.7. The highest BCUT2D eigenvalue weighted by atomic mass is 35.5. The number of fused-ring (bicyclic) bond motifs is 1. The van der Waals surface area contributed by atoms with E-state index in [2.05, 4.69) is 20.0 Å². The number of aromatic amines is 1. The number of rotatable bonds is 8. The summed E-state index contributed by atoms with van der Waals surface area (Å²) in [7, 11) is 1.21. The Morgan fingerprint density at radius 2 is 1.98 bits per heavy atom. The summed E-state index contributed by atoms with van der Waals surface area (Å²) in [4.78, 5) is 47.3. The lowest BCUT2D eigenvalue weighted by Gasteiger charge is -2.07. The molecule has 0 atom stereocenters. The third kappa shape index (κ3) is 5.10. The van der Waals surface area contributed by atoms with Crippen molar-refractivity contribution in [2.75, 3.05) is 7.11 Å². The molecule has 1 N–H and O–H groups in total. The van der Waals surface area contributed by atoms with Gasteiger partial charge in [-0.15, -0.1) is 10.2 Å². The maximum atomic E-state index is 12.7. The Labute approximate surface area is 227 Å². The van der Waals surface area contributed by atoms with E-state index in [1.54, 1.807) is 18.2 Å². The molecular weight excluding hydrogens is 550 g/mol. The number of carbonyl (C=O) groups is 2. The van der Waals surface area contributed by atoms with Gasteiger partial charge in [0.2, 0.25) is 11.4 Å². The number of methoxy groups -OCH3 is 1. The van der Waals surface area contributed by atoms with E-state index in [4.69, 9.17) is 25.2 Å². The van der Waals surface area contributed by atoms with Gasteiger partial charge in [-0.1, -0.05) is 11.6 Å². The molecule has 1 aromatic carbocycles. The molecule has 0 saturated carbocycles. The van der Waals surface area contributed by atoms with Crippen molar-refractivity contribution >= 4 is 47.0 Å². The lowest BCUT2D eigenvalue weighted by molar-refractivity contribution is -0.386. The van der Waals surface area contributed by atoms with Crippen LogP contribution in [0.3, 0.4) is 0 Å². The van der Waals surface area contributed by atoms with Gasteiger partial charge in [-0.05, 0) is 54.6 Å². The summed E-state index contributed by atoms with van der Waals surface area (Å²) in [5, 5.41) is 21.5. The monoisotopic (exact) mass is 565 g/mol. The number of benzene rings is 1. The minimum atomic E-state index is -0.891. The number of nitro groups is 1. The number of nitrogens with one attached hydrogen (secondary N) is 1. The average molecular weight is 566 g/mol. The van der Waals surface area contributed by atoms with Crippen LogP contribution in [-0.4, -0.2) is 43.8 Å². The Hall–Kier alpha value is -5.50. The zero-order valence-corrected chi connectivity index (χ0v) is 21.1. The largest absolute Gasteiger partial charge is 0.463 e. The predicted octanol–water partition coefficient (Wildman–Crippen LogP) is 4.15. The quantitative estimate of drug-likeness (QED) is 0.162. The minimum Gasteiger partial charge on any atom is -0.463 e. The molecule has 0 aliphatic heterocycles. The molecule has 0 aliphatic rings. The van der Waals surface area contributed by atoms with Crippen LogP contribution in [0.4, 0.5) is 5.69 Å². The fraction of sp³-hybridized carbons (Fsp3) is 0.0800. The highest BCUT2D eigenvalue weighted by molar-refractivity contribution is 6.33. The van der Waals surface area contributed by atoms with Crippen molar-refractivity contribution < 1.29 is 32.8 Å². The van der Waals surface area contributed by atoms with Crippen molar-refractivity contribution in [2.24, 2.45) is 0 Å². The van der Waals surface area contributed by atoms with Gasteiger partial charge >= 0.3 is 23.1 Å². The number of furan rings is 2. The number of aromatic nitrogens is 4. The number of hydrogen-bond donors (Lipinski definition) is 1. The molecular formula is C25H16ClN5O9. The zero-order chi connectivity index (χ0) is 28.4. The van der Waals surface area contributed by atoms with Crippen LogP contribution >= 0.6 is 11.6 Å². The molecule has 0 radical (unpaired) electrons. The maximum Gasteiger partial charge on any atom is 0.373 e. The van der Waals surface area contributed by atoms with Crippen molar-refractivity contribution in [3.05, 3.63) is 103 Å². The van der Waals surface area contributed by atoms with Crippen molar-refractivity contribution in [2.45, 2.75) is 6.61 Å². The number of carbonyl (C=O) groups excluding carboxylic acids is 2. The Kier molecular flexibility index (Phi) is 6.99. The Morgan fingerprint density at radius 3 is 2.75 bits per heavy atom. The van der Waals surface area contributed by atoms with Gasteiger partial charge in [0.25, 0.3) is 0 Å². The van der Waals surface area contributed by atoms with Gasteiger partial charge in [-0.3, -0.25) is 20.0 Å². The van der Waals surface area contributed by atoms with Gasteiger partial charge in [0.15, 0.2) is 0 Å². The van der Waals surface area contributed by atoms with Crippen LogP contribution in [0.5, 0.6) is 0 Å². The molecule has 5 aromatic rings. The van der Waals surface area contributed by atoms with Crippen LogP contribution in [0.1, 0.15) is 38.1 Å². The van der Waals surface area contributed by atoms with Gasteiger partial charge in [0.05, 0.1) is 22.6 Å². The summed E-state index contributed by atoms with van der Waals surface area (Å²) in [5.41, 5.74) is -1.34. The van der Waals surface area contributed by atoms with Crippen molar-refractivity contribution in [3.63, 3.8) is 0 Å². The van der Waals surface area contributed by atoms with E-state index in [0.29, 0.717) is 17.1 Å². The van der Waals surface area contributed by atoms with Crippen LogP contribution in [-0.2, 0) is 16.1 Å². The van der Waals surface area contributed by atoms with E-state index >= 15 is 0 Å². The zero-order valence-electron chi connectivity index (χ0n) is 20.3. The van der Waals surface area contributed by atoms with Crippen molar-refractivity contribution in [3.8, 4) is 11.3 Å². The molecule has 0 aliphatic carbocycles. The van der Waals surface area contributed by atoms with Crippen molar-refractivity contribution in [1.29, 1.82) is 0 Å². The molecule has 4 aromatic heterocycles. The first kappa shape index (κ1) is 26.1. The molecule has 40 heavy (non-hydrogen) atoms. The number of hydrogen-bond acceptors (Lipinski definition) is 11. The second-order valence-electron chi connectivity index (χ2n) is 8.05. The number of halogens is 1. The fourth-order valence-electron chi connectivity index (χ4n) is 3.66. The van der Waals surface area contributed by atoms with Gasteiger partial charge in [0.1, 0.15) is 35.9 Å². The first-order valence-corrected chi connectivity index (χ1v) is 11.7. The van der Waals surface area contributed by atoms with Crippen LogP contribution in [0.2, 0.25) is 5.02 Å². The molecule has 0 fully saturated rings. The van der Waals surface area contributed by atoms with Gasteiger partial charge in [-0.25, -0.2) is 14.1 Å². The predicted molar refractivity (Wildman–Crippen MR) is 138 cm³/mol. The lowest BCUT2D eigenvalue weighted by Crippen LogP contribution is -2.15. The highest BCUT2D eigenvalue weighted by Gasteiger charge is 2.22.